The average Bonchev–Trinajstić information content (AvgIpc) is 2.47. The summed E-state index contributed by atoms with van der Waals surface area (Å²) in [6, 6.07) is 7.72. The molecule has 0 unspecified atom stereocenters. The molecule has 2 heterocycles. The molecule has 19 heavy (non-hydrogen) atoms. The van der Waals surface area contributed by atoms with E-state index >= 15 is 0 Å². The second kappa shape index (κ2) is 5.27. The van der Waals surface area contributed by atoms with Gasteiger partial charge >= 0.3 is 0 Å². The zero-order valence-corrected chi connectivity index (χ0v) is 11.7. The minimum Gasteiger partial charge on any atom is -0.312 e. The molecule has 1 aromatic heterocycles. The van der Waals surface area contributed by atoms with Crippen LogP contribution in [0.2, 0.25) is 5.02 Å². The molecule has 0 aliphatic carbocycles. The Morgan fingerprint density at radius 1 is 1.21 bits per heavy atom. The fourth-order valence-corrected chi connectivity index (χ4v) is 2.56. The minimum absolute atomic E-state index is 0.738. The molecule has 3 rings (SSSR count). The first kappa shape index (κ1) is 12.6. The molecule has 2 aromatic rings. The predicted molar refractivity (Wildman–Crippen MR) is 77.3 cm³/mol. The topological polar surface area (TPSA) is 37.8 Å². The lowest BCUT2D eigenvalue weighted by atomic mass is 10.0. The maximum Gasteiger partial charge on any atom is 0.159 e. The summed E-state index contributed by atoms with van der Waals surface area (Å²) < 4.78 is 0. The fraction of sp³-hybridized carbons (Fsp3) is 0.333. The van der Waals surface area contributed by atoms with E-state index in [1.807, 2.05) is 24.3 Å². The van der Waals surface area contributed by atoms with E-state index in [9.17, 15) is 0 Å². The third-order valence-corrected chi connectivity index (χ3v) is 3.71. The van der Waals surface area contributed by atoms with Crippen molar-refractivity contribution in [1.29, 1.82) is 0 Å². The highest BCUT2D eigenvalue weighted by Gasteiger charge is 2.16. The molecule has 4 heteroatoms. The van der Waals surface area contributed by atoms with Crippen molar-refractivity contribution in [3.63, 3.8) is 0 Å². The predicted octanol–water partition coefficient (Wildman–Crippen LogP) is 3.01. The summed E-state index contributed by atoms with van der Waals surface area (Å²) in [5.74, 6) is 0.814. The lowest BCUT2D eigenvalue weighted by molar-refractivity contribution is 0.618. The Labute approximate surface area is 118 Å². The number of aromatic nitrogens is 2. The van der Waals surface area contributed by atoms with Crippen LogP contribution in [0.25, 0.3) is 11.4 Å². The van der Waals surface area contributed by atoms with Gasteiger partial charge in [0.15, 0.2) is 5.82 Å². The standard InChI is InChI=1S/C15H16ClN3/c1-2-13-12-9-17-8-7-14(12)19-15(18-13)10-3-5-11(16)6-4-10/h3-6,17H,2,7-9H2,1H3. The number of rotatable bonds is 2. The molecule has 98 valence electrons. The number of benzene rings is 1. The van der Waals surface area contributed by atoms with Gasteiger partial charge in [0.05, 0.1) is 5.69 Å². The lowest BCUT2D eigenvalue weighted by Gasteiger charge is -2.19. The molecule has 1 aromatic carbocycles. The lowest BCUT2D eigenvalue weighted by Crippen LogP contribution is -2.26. The fourth-order valence-electron chi connectivity index (χ4n) is 2.43. The molecule has 0 bridgehead atoms. The van der Waals surface area contributed by atoms with Crippen LogP contribution >= 0.6 is 11.6 Å². The molecule has 0 radical (unpaired) electrons. The zero-order chi connectivity index (χ0) is 13.2. The Kier molecular flexibility index (Phi) is 3.49. The molecule has 1 aliphatic rings. The Morgan fingerprint density at radius 3 is 2.74 bits per heavy atom. The number of aryl methyl sites for hydroxylation is 1. The first-order valence-corrected chi connectivity index (χ1v) is 7.01. The van der Waals surface area contributed by atoms with Gasteiger partial charge in [0, 0.05) is 41.4 Å². The van der Waals surface area contributed by atoms with Gasteiger partial charge in [-0.15, -0.1) is 0 Å². The van der Waals surface area contributed by atoms with E-state index in [0.29, 0.717) is 0 Å². The van der Waals surface area contributed by atoms with Gasteiger partial charge in [0.1, 0.15) is 0 Å². The highest BCUT2D eigenvalue weighted by Crippen LogP contribution is 2.23. The number of hydrogen-bond donors (Lipinski definition) is 1. The summed E-state index contributed by atoms with van der Waals surface area (Å²) in [6.07, 6.45) is 1.92. The van der Waals surface area contributed by atoms with Gasteiger partial charge in [-0.1, -0.05) is 18.5 Å². The largest absolute Gasteiger partial charge is 0.312 e. The van der Waals surface area contributed by atoms with Gasteiger partial charge in [-0.25, -0.2) is 9.97 Å². The van der Waals surface area contributed by atoms with Crippen LogP contribution in [0.5, 0.6) is 0 Å². The molecular weight excluding hydrogens is 258 g/mol. The quantitative estimate of drug-likeness (QED) is 0.914. The average molecular weight is 274 g/mol. The van der Waals surface area contributed by atoms with E-state index in [1.165, 1.54) is 11.3 Å². The molecule has 3 nitrogen and oxygen atoms in total. The van der Waals surface area contributed by atoms with Crippen LogP contribution in [0.1, 0.15) is 23.9 Å². The third kappa shape index (κ3) is 2.48. The first-order chi connectivity index (χ1) is 9.28. The third-order valence-electron chi connectivity index (χ3n) is 3.46. The Morgan fingerprint density at radius 2 is 2.00 bits per heavy atom. The monoisotopic (exact) mass is 273 g/mol. The summed E-state index contributed by atoms with van der Waals surface area (Å²) in [6.45, 7) is 4.02. The number of fused-ring (bicyclic) bond motifs is 1. The smallest absolute Gasteiger partial charge is 0.159 e. The molecule has 0 amide bonds. The van der Waals surface area contributed by atoms with Crippen molar-refractivity contribution in [3.05, 3.63) is 46.2 Å². The maximum absolute atomic E-state index is 5.92. The zero-order valence-electron chi connectivity index (χ0n) is 10.9. The van der Waals surface area contributed by atoms with Crippen molar-refractivity contribution >= 4 is 11.6 Å². The van der Waals surface area contributed by atoms with Crippen LogP contribution in [-0.4, -0.2) is 16.5 Å². The van der Waals surface area contributed by atoms with E-state index in [1.54, 1.807) is 0 Å². The van der Waals surface area contributed by atoms with Gasteiger partial charge in [-0.2, -0.15) is 0 Å². The number of halogens is 1. The summed E-state index contributed by atoms with van der Waals surface area (Å²) in [7, 11) is 0. The Hall–Kier alpha value is -1.45. The van der Waals surface area contributed by atoms with E-state index in [2.05, 4.69) is 12.2 Å². The Bertz CT molecular complexity index is 576. The van der Waals surface area contributed by atoms with Gasteiger partial charge in [-0.05, 0) is 30.7 Å². The van der Waals surface area contributed by atoms with E-state index in [4.69, 9.17) is 21.6 Å². The molecule has 1 aliphatic heterocycles. The van der Waals surface area contributed by atoms with Crippen LogP contribution in [0.4, 0.5) is 0 Å². The molecule has 0 saturated heterocycles. The van der Waals surface area contributed by atoms with Gasteiger partial charge in [0.2, 0.25) is 0 Å². The second-order valence-corrected chi connectivity index (χ2v) is 5.14. The summed E-state index contributed by atoms with van der Waals surface area (Å²) in [4.78, 5) is 9.44. The molecule has 0 saturated carbocycles. The highest BCUT2D eigenvalue weighted by molar-refractivity contribution is 6.30. The van der Waals surface area contributed by atoms with Crippen molar-refractivity contribution in [2.75, 3.05) is 6.54 Å². The number of nitrogens with one attached hydrogen (secondary N) is 1. The second-order valence-electron chi connectivity index (χ2n) is 4.71. The first-order valence-electron chi connectivity index (χ1n) is 6.63. The molecular formula is C15H16ClN3. The Balaban J connectivity index is 2.09. The van der Waals surface area contributed by atoms with Crippen LogP contribution in [0, 0.1) is 0 Å². The van der Waals surface area contributed by atoms with E-state index < -0.39 is 0 Å². The van der Waals surface area contributed by atoms with Crippen molar-refractivity contribution in [1.82, 2.24) is 15.3 Å². The maximum atomic E-state index is 5.92. The molecule has 0 atom stereocenters. The van der Waals surface area contributed by atoms with Crippen molar-refractivity contribution in [2.45, 2.75) is 26.3 Å². The van der Waals surface area contributed by atoms with Crippen LogP contribution in [0.15, 0.2) is 24.3 Å². The van der Waals surface area contributed by atoms with Crippen LogP contribution in [-0.2, 0) is 19.4 Å². The molecule has 0 fully saturated rings. The van der Waals surface area contributed by atoms with Crippen LogP contribution < -0.4 is 5.32 Å². The van der Waals surface area contributed by atoms with Crippen molar-refractivity contribution in [3.8, 4) is 11.4 Å². The van der Waals surface area contributed by atoms with E-state index in [-0.39, 0.29) is 0 Å². The van der Waals surface area contributed by atoms with Crippen molar-refractivity contribution in [2.24, 2.45) is 0 Å². The van der Waals surface area contributed by atoms with Gasteiger partial charge in [0.25, 0.3) is 0 Å². The van der Waals surface area contributed by atoms with Gasteiger partial charge in [-0.3, -0.25) is 0 Å². The van der Waals surface area contributed by atoms with E-state index in [0.717, 1.165) is 48.0 Å². The number of hydrogen-bond acceptors (Lipinski definition) is 3. The summed E-state index contributed by atoms with van der Waals surface area (Å²) in [5.41, 5.74) is 4.66. The highest BCUT2D eigenvalue weighted by atomic mass is 35.5. The van der Waals surface area contributed by atoms with Crippen molar-refractivity contribution < 1.29 is 0 Å². The van der Waals surface area contributed by atoms with Gasteiger partial charge < -0.3 is 5.32 Å². The normalized spacial score (nSPS) is 14.2. The van der Waals surface area contributed by atoms with Crippen LogP contribution in [0.3, 0.4) is 0 Å². The molecule has 0 spiro atoms. The SMILES string of the molecule is CCc1nc(-c2ccc(Cl)cc2)nc2c1CNCC2. The summed E-state index contributed by atoms with van der Waals surface area (Å²) >= 11 is 5.92. The minimum atomic E-state index is 0.738. The molecule has 1 N–H and O–H groups in total. The number of nitrogens with zero attached hydrogens (tertiary/aromatic N) is 2. The summed E-state index contributed by atoms with van der Waals surface area (Å²) in [5, 5.41) is 4.12.